The number of aliphatic hydroxyl groups is 1. The summed E-state index contributed by atoms with van der Waals surface area (Å²) in [6.07, 6.45) is -0.290. The Balaban J connectivity index is 1.73. The minimum absolute atomic E-state index is 0.215. The molecule has 2 aliphatic rings. The molecule has 1 N–H and O–H groups in total. The van der Waals surface area contributed by atoms with Gasteiger partial charge in [0.2, 0.25) is 0 Å². The van der Waals surface area contributed by atoms with Crippen molar-refractivity contribution in [1.82, 2.24) is 9.88 Å². The van der Waals surface area contributed by atoms with E-state index in [2.05, 4.69) is 26.9 Å². The Labute approximate surface area is 120 Å². The zero-order chi connectivity index (χ0) is 14.1. The van der Waals surface area contributed by atoms with Gasteiger partial charge in [-0.2, -0.15) is 0 Å². The second-order valence-corrected chi connectivity index (χ2v) is 5.80. The van der Waals surface area contributed by atoms with Gasteiger partial charge >= 0.3 is 0 Å². The van der Waals surface area contributed by atoms with E-state index in [9.17, 15) is 5.11 Å². The Morgan fingerprint density at radius 3 is 2.45 bits per heavy atom. The van der Waals surface area contributed by atoms with Crippen LogP contribution in [0.25, 0.3) is 0 Å². The molecule has 0 aliphatic carbocycles. The first-order valence-corrected chi connectivity index (χ1v) is 7.33. The molecule has 0 bridgehead atoms. The van der Waals surface area contributed by atoms with Crippen LogP contribution in [-0.2, 0) is 4.74 Å². The maximum Gasteiger partial charge on any atom is 0.0887 e. The number of rotatable bonds is 2. The second-order valence-electron chi connectivity index (χ2n) is 5.80. The molecule has 1 aromatic heterocycles. The number of ether oxygens (including phenoxy) is 1. The van der Waals surface area contributed by atoms with Crippen LogP contribution in [0.15, 0.2) is 12.1 Å². The van der Waals surface area contributed by atoms with Gasteiger partial charge in [0.15, 0.2) is 0 Å². The van der Waals surface area contributed by atoms with Crippen molar-refractivity contribution in [3.8, 4) is 0 Å². The van der Waals surface area contributed by atoms with Crippen LogP contribution in [0.4, 0.5) is 5.69 Å². The van der Waals surface area contributed by atoms with E-state index in [0.29, 0.717) is 6.54 Å². The number of nitrogens with zero attached hydrogens (tertiary/aromatic N) is 3. The van der Waals surface area contributed by atoms with Gasteiger partial charge in [-0.1, -0.05) is 0 Å². The van der Waals surface area contributed by atoms with Crippen LogP contribution in [0.5, 0.6) is 0 Å². The summed E-state index contributed by atoms with van der Waals surface area (Å²) in [5.41, 5.74) is 3.23. The Hall–Kier alpha value is -1.17. The van der Waals surface area contributed by atoms with Gasteiger partial charge < -0.3 is 14.7 Å². The fourth-order valence-corrected chi connectivity index (χ4v) is 3.24. The van der Waals surface area contributed by atoms with Crippen molar-refractivity contribution in [2.24, 2.45) is 0 Å². The molecule has 1 aromatic rings. The lowest BCUT2D eigenvalue weighted by molar-refractivity contribution is -0.00588. The van der Waals surface area contributed by atoms with Gasteiger partial charge in [0.1, 0.15) is 0 Å². The van der Waals surface area contributed by atoms with E-state index in [-0.39, 0.29) is 12.1 Å². The van der Waals surface area contributed by atoms with E-state index in [0.717, 1.165) is 44.2 Å². The molecule has 0 spiro atoms. The number of hydrogen-bond acceptors (Lipinski definition) is 5. The molecule has 0 unspecified atom stereocenters. The van der Waals surface area contributed by atoms with Crippen molar-refractivity contribution in [2.75, 3.05) is 44.3 Å². The maximum atomic E-state index is 10.4. The number of pyridine rings is 1. The SMILES string of the molecule is Cc1cc(N2C[C@H](O)[C@@H](N3CCOCC3)C2)cc(C)n1. The standard InChI is InChI=1S/C15H23N3O2/c1-11-7-13(8-12(2)16-11)18-9-14(15(19)10-18)17-3-5-20-6-4-17/h7-8,14-15,19H,3-6,9-10H2,1-2H3/t14-,15-/m0/s1. The monoisotopic (exact) mass is 277 g/mol. The highest BCUT2D eigenvalue weighted by atomic mass is 16.5. The summed E-state index contributed by atoms with van der Waals surface area (Å²) in [5.74, 6) is 0. The third kappa shape index (κ3) is 2.80. The molecule has 5 nitrogen and oxygen atoms in total. The summed E-state index contributed by atoms with van der Waals surface area (Å²) in [6, 6.07) is 4.41. The minimum atomic E-state index is -0.290. The second kappa shape index (κ2) is 5.68. The van der Waals surface area contributed by atoms with Gasteiger partial charge in [-0.15, -0.1) is 0 Å². The van der Waals surface area contributed by atoms with Crippen LogP contribution in [0.3, 0.4) is 0 Å². The summed E-state index contributed by atoms with van der Waals surface area (Å²) in [4.78, 5) is 9.04. The van der Waals surface area contributed by atoms with Crippen LogP contribution < -0.4 is 4.90 Å². The highest BCUT2D eigenvalue weighted by Gasteiger charge is 2.36. The molecule has 0 amide bonds. The average Bonchev–Trinajstić information content (AvgIpc) is 2.81. The number of anilines is 1. The van der Waals surface area contributed by atoms with Crippen molar-refractivity contribution in [1.29, 1.82) is 0 Å². The van der Waals surface area contributed by atoms with Crippen molar-refractivity contribution in [2.45, 2.75) is 26.0 Å². The van der Waals surface area contributed by atoms with Gasteiger partial charge in [-0.25, -0.2) is 0 Å². The number of morpholine rings is 1. The molecule has 0 aromatic carbocycles. The summed E-state index contributed by atoms with van der Waals surface area (Å²) in [6.45, 7) is 9.00. The molecule has 20 heavy (non-hydrogen) atoms. The van der Waals surface area contributed by atoms with Crippen molar-refractivity contribution in [3.05, 3.63) is 23.5 Å². The smallest absolute Gasteiger partial charge is 0.0887 e. The predicted molar refractivity (Wildman–Crippen MR) is 78.1 cm³/mol. The molecular formula is C15H23N3O2. The molecule has 110 valence electrons. The Bertz CT molecular complexity index is 454. The zero-order valence-corrected chi connectivity index (χ0v) is 12.2. The Morgan fingerprint density at radius 1 is 1.15 bits per heavy atom. The van der Waals surface area contributed by atoms with Crippen LogP contribution in [0.2, 0.25) is 0 Å². The fourth-order valence-electron chi connectivity index (χ4n) is 3.24. The first-order valence-electron chi connectivity index (χ1n) is 7.33. The molecule has 2 atom stereocenters. The maximum absolute atomic E-state index is 10.4. The zero-order valence-electron chi connectivity index (χ0n) is 12.2. The van der Waals surface area contributed by atoms with E-state index >= 15 is 0 Å². The lowest BCUT2D eigenvalue weighted by Crippen LogP contribution is -2.48. The van der Waals surface area contributed by atoms with Crippen LogP contribution in [0, 0.1) is 13.8 Å². The molecular weight excluding hydrogens is 254 g/mol. The van der Waals surface area contributed by atoms with Gasteiger partial charge in [-0.05, 0) is 26.0 Å². The third-order valence-corrected chi connectivity index (χ3v) is 4.21. The number of aliphatic hydroxyl groups excluding tert-OH is 1. The quantitative estimate of drug-likeness (QED) is 0.857. The van der Waals surface area contributed by atoms with Crippen LogP contribution in [-0.4, -0.2) is 66.5 Å². The molecule has 2 aliphatic heterocycles. The van der Waals surface area contributed by atoms with E-state index in [1.807, 2.05) is 13.8 Å². The highest BCUT2D eigenvalue weighted by molar-refractivity contribution is 5.50. The largest absolute Gasteiger partial charge is 0.390 e. The van der Waals surface area contributed by atoms with Gasteiger partial charge in [-0.3, -0.25) is 9.88 Å². The lowest BCUT2D eigenvalue weighted by Gasteiger charge is -2.33. The lowest BCUT2D eigenvalue weighted by atomic mass is 10.1. The van der Waals surface area contributed by atoms with Gasteiger partial charge in [0.25, 0.3) is 0 Å². The topological polar surface area (TPSA) is 48.8 Å². The summed E-state index contributed by atoms with van der Waals surface area (Å²) in [5, 5.41) is 10.4. The van der Waals surface area contributed by atoms with E-state index in [4.69, 9.17) is 4.74 Å². The van der Waals surface area contributed by atoms with Gasteiger partial charge in [0, 0.05) is 43.3 Å². The molecule has 0 radical (unpaired) electrons. The molecule has 3 heterocycles. The predicted octanol–water partition coefficient (Wildman–Crippen LogP) is 0.580. The molecule has 5 heteroatoms. The van der Waals surface area contributed by atoms with E-state index < -0.39 is 0 Å². The van der Waals surface area contributed by atoms with E-state index in [1.165, 1.54) is 5.69 Å². The summed E-state index contributed by atoms with van der Waals surface area (Å²) < 4.78 is 5.39. The first kappa shape index (κ1) is 13.8. The van der Waals surface area contributed by atoms with Crippen LogP contribution in [0.1, 0.15) is 11.4 Å². The first-order chi connectivity index (χ1) is 9.63. The summed E-state index contributed by atoms with van der Waals surface area (Å²) >= 11 is 0. The summed E-state index contributed by atoms with van der Waals surface area (Å²) in [7, 11) is 0. The Kier molecular flexibility index (Phi) is 3.92. The molecule has 2 saturated heterocycles. The normalized spacial score (nSPS) is 28.1. The average molecular weight is 277 g/mol. The minimum Gasteiger partial charge on any atom is -0.390 e. The van der Waals surface area contributed by atoms with Crippen molar-refractivity contribution in [3.63, 3.8) is 0 Å². The van der Waals surface area contributed by atoms with Crippen LogP contribution >= 0.6 is 0 Å². The molecule has 0 saturated carbocycles. The van der Waals surface area contributed by atoms with Crippen molar-refractivity contribution < 1.29 is 9.84 Å². The molecule has 3 rings (SSSR count). The number of aromatic nitrogens is 1. The number of aryl methyl sites for hydroxylation is 2. The van der Waals surface area contributed by atoms with E-state index in [1.54, 1.807) is 0 Å². The molecule has 2 fully saturated rings. The fraction of sp³-hybridized carbons (Fsp3) is 0.667. The highest BCUT2D eigenvalue weighted by Crippen LogP contribution is 2.25. The number of β-amino-alcohol motifs (C(OH)–C–C–N with tert-alkyl or cyclic N) is 1. The third-order valence-electron chi connectivity index (χ3n) is 4.21. The number of hydrogen-bond donors (Lipinski definition) is 1. The van der Waals surface area contributed by atoms with Gasteiger partial charge in [0.05, 0.1) is 25.4 Å². The van der Waals surface area contributed by atoms with Crippen molar-refractivity contribution >= 4 is 5.69 Å². The Morgan fingerprint density at radius 2 is 1.80 bits per heavy atom.